The van der Waals surface area contributed by atoms with E-state index in [1.165, 1.54) is 24.3 Å². The van der Waals surface area contributed by atoms with Gasteiger partial charge in [0, 0.05) is 0 Å². The number of hydroxylamine groups is 1. The normalized spacial score (nSPS) is 20.4. The third-order valence-corrected chi connectivity index (χ3v) is 7.41. The van der Waals surface area contributed by atoms with E-state index in [-0.39, 0.29) is 21.7 Å². The van der Waals surface area contributed by atoms with E-state index in [1.54, 1.807) is 12.1 Å². The molecule has 3 rings (SSSR count). The van der Waals surface area contributed by atoms with Gasteiger partial charge < -0.3 is 16.2 Å². The number of ether oxygens (including phenoxy) is 1. The zero-order valence-electron chi connectivity index (χ0n) is 17.3. The lowest BCUT2D eigenvalue weighted by atomic mass is 9.79. The number of primary amides is 1. The molecule has 1 amide bonds. The second kappa shape index (κ2) is 10.2. The Labute approximate surface area is 182 Å². The van der Waals surface area contributed by atoms with Gasteiger partial charge >= 0.3 is 0 Å². The first-order chi connectivity index (χ1) is 14.8. The zero-order chi connectivity index (χ0) is 22.4. The minimum atomic E-state index is -4.33. The van der Waals surface area contributed by atoms with Gasteiger partial charge in [0.15, 0.2) is 0 Å². The molecule has 8 nitrogen and oxygen atoms in total. The van der Waals surface area contributed by atoms with Gasteiger partial charge in [-0.1, -0.05) is 35.5 Å². The van der Waals surface area contributed by atoms with Crippen molar-refractivity contribution in [2.75, 3.05) is 6.54 Å². The molecule has 9 heteroatoms. The summed E-state index contributed by atoms with van der Waals surface area (Å²) < 4.78 is 31.6. The van der Waals surface area contributed by atoms with Crippen LogP contribution in [0.25, 0.3) is 0 Å². The summed E-state index contributed by atoms with van der Waals surface area (Å²) in [7, 11) is -4.33. The van der Waals surface area contributed by atoms with E-state index < -0.39 is 22.0 Å². The number of carbonyl (C=O) groups excluding carboxylic acids is 1. The predicted molar refractivity (Wildman–Crippen MR) is 116 cm³/mol. The maximum Gasteiger partial charge on any atom is 0.265 e. The van der Waals surface area contributed by atoms with Gasteiger partial charge in [-0.15, -0.1) is 0 Å². The van der Waals surface area contributed by atoms with Crippen molar-refractivity contribution in [3.05, 3.63) is 54.6 Å². The molecule has 0 saturated heterocycles. The van der Waals surface area contributed by atoms with Crippen LogP contribution in [-0.4, -0.2) is 36.6 Å². The van der Waals surface area contributed by atoms with Gasteiger partial charge in [0.1, 0.15) is 17.5 Å². The fourth-order valence-corrected chi connectivity index (χ4v) is 5.13. The summed E-state index contributed by atoms with van der Waals surface area (Å²) >= 11 is 0. The molecule has 1 unspecified atom stereocenters. The van der Waals surface area contributed by atoms with Crippen LogP contribution in [0.4, 0.5) is 0 Å². The number of hydrogen-bond donors (Lipinski definition) is 3. The highest BCUT2D eigenvalue weighted by atomic mass is 32.2. The maximum atomic E-state index is 12.9. The van der Waals surface area contributed by atoms with Crippen LogP contribution in [0, 0.1) is 11.8 Å². The molecule has 168 valence electrons. The summed E-state index contributed by atoms with van der Waals surface area (Å²) in [6.07, 6.45) is 3.68. The molecular formula is C22H29N3O5S. The molecule has 0 aliphatic heterocycles. The number of nitrogens with two attached hydrogens (primary N) is 2. The molecular weight excluding hydrogens is 418 g/mol. The average molecular weight is 448 g/mol. The number of hydrogen-bond acceptors (Lipinski definition) is 6. The zero-order valence-corrected chi connectivity index (χ0v) is 18.1. The lowest BCUT2D eigenvalue weighted by molar-refractivity contribution is -0.132. The monoisotopic (exact) mass is 447 g/mol. The van der Waals surface area contributed by atoms with Gasteiger partial charge in [-0.3, -0.25) is 10.0 Å². The Balaban J connectivity index is 1.70. The molecule has 2 aromatic rings. The molecule has 2 aromatic carbocycles. The van der Waals surface area contributed by atoms with Crippen LogP contribution in [0.5, 0.6) is 11.5 Å². The standard InChI is InChI=1S/C22H29N3O5S/c23-15-17-8-6-16(7-9-17)14-21(22(24)26)25(27)31(28,29)20-12-10-19(11-13-20)30-18-4-2-1-3-5-18/h1-5,10-13,16-17,21,27H,6-9,14-15,23H2,(H2,24,26). The van der Waals surface area contributed by atoms with E-state index in [4.69, 9.17) is 16.2 Å². The topological polar surface area (TPSA) is 136 Å². The molecule has 0 aromatic heterocycles. The third-order valence-electron chi connectivity index (χ3n) is 5.80. The number of amides is 1. The van der Waals surface area contributed by atoms with E-state index in [0.29, 0.717) is 24.0 Å². The summed E-state index contributed by atoms with van der Waals surface area (Å²) in [5.41, 5.74) is 11.2. The molecule has 0 spiro atoms. The highest BCUT2D eigenvalue weighted by Crippen LogP contribution is 2.33. The average Bonchev–Trinajstić information content (AvgIpc) is 2.78. The lowest BCUT2D eigenvalue weighted by Gasteiger charge is -2.31. The van der Waals surface area contributed by atoms with Gasteiger partial charge in [-0.2, -0.15) is 0 Å². The molecule has 1 atom stereocenters. The van der Waals surface area contributed by atoms with Crippen LogP contribution in [0.2, 0.25) is 0 Å². The third kappa shape index (κ3) is 5.82. The number of carbonyl (C=O) groups is 1. The molecule has 0 heterocycles. The van der Waals surface area contributed by atoms with Crippen LogP contribution < -0.4 is 16.2 Å². The fraction of sp³-hybridized carbons (Fsp3) is 0.409. The maximum absolute atomic E-state index is 12.9. The number of nitrogens with zero attached hydrogens (tertiary/aromatic N) is 1. The van der Waals surface area contributed by atoms with Crippen molar-refractivity contribution in [3.8, 4) is 11.5 Å². The Morgan fingerprint density at radius 3 is 2.10 bits per heavy atom. The Morgan fingerprint density at radius 1 is 1.00 bits per heavy atom. The molecule has 1 saturated carbocycles. The van der Waals surface area contributed by atoms with Crippen LogP contribution in [0.3, 0.4) is 0 Å². The van der Waals surface area contributed by atoms with Crippen LogP contribution >= 0.6 is 0 Å². The van der Waals surface area contributed by atoms with Crippen molar-refractivity contribution in [2.45, 2.75) is 43.0 Å². The van der Waals surface area contributed by atoms with Crippen LogP contribution in [0.15, 0.2) is 59.5 Å². The molecule has 1 aliphatic rings. The van der Waals surface area contributed by atoms with Gasteiger partial charge in [-0.25, -0.2) is 8.42 Å². The minimum Gasteiger partial charge on any atom is -0.457 e. The van der Waals surface area contributed by atoms with Crippen molar-refractivity contribution < 1.29 is 23.2 Å². The second-order valence-corrected chi connectivity index (χ2v) is 9.74. The van der Waals surface area contributed by atoms with Crippen molar-refractivity contribution >= 4 is 15.9 Å². The van der Waals surface area contributed by atoms with Gasteiger partial charge in [0.2, 0.25) is 5.91 Å². The predicted octanol–water partition coefficient (Wildman–Crippen LogP) is 2.87. The van der Waals surface area contributed by atoms with Crippen molar-refractivity contribution in [1.82, 2.24) is 4.47 Å². The van der Waals surface area contributed by atoms with Gasteiger partial charge in [-0.05, 0) is 74.0 Å². The van der Waals surface area contributed by atoms with E-state index in [1.807, 2.05) is 18.2 Å². The highest BCUT2D eigenvalue weighted by Gasteiger charge is 2.36. The Bertz CT molecular complexity index is 958. The first-order valence-corrected chi connectivity index (χ1v) is 11.8. The Morgan fingerprint density at radius 2 is 1.55 bits per heavy atom. The van der Waals surface area contributed by atoms with Crippen LogP contribution in [-0.2, 0) is 14.8 Å². The first-order valence-electron chi connectivity index (χ1n) is 10.4. The summed E-state index contributed by atoms with van der Waals surface area (Å²) in [4.78, 5) is 11.8. The molecule has 0 bridgehead atoms. The molecule has 5 N–H and O–H groups in total. The van der Waals surface area contributed by atoms with E-state index in [0.717, 1.165) is 25.7 Å². The number of benzene rings is 2. The van der Waals surface area contributed by atoms with Gasteiger partial charge in [0.25, 0.3) is 10.0 Å². The molecule has 0 radical (unpaired) electrons. The summed E-state index contributed by atoms with van der Waals surface area (Å²) in [6.45, 7) is 0.621. The number of sulfonamides is 1. The smallest absolute Gasteiger partial charge is 0.265 e. The highest BCUT2D eigenvalue weighted by molar-refractivity contribution is 7.89. The van der Waals surface area contributed by atoms with Crippen molar-refractivity contribution in [2.24, 2.45) is 23.3 Å². The van der Waals surface area contributed by atoms with Crippen LogP contribution in [0.1, 0.15) is 32.1 Å². The lowest BCUT2D eigenvalue weighted by Crippen LogP contribution is -2.47. The molecule has 1 aliphatic carbocycles. The fourth-order valence-electron chi connectivity index (χ4n) is 3.91. The van der Waals surface area contributed by atoms with Gasteiger partial charge in [0.05, 0.1) is 4.90 Å². The largest absolute Gasteiger partial charge is 0.457 e. The van der Waals surface area contributed by atoms with Crippen molar-refractivity contribution in [1.29, 1.82) is 0 Å². The van der Waals surface area contributed by atoms with E-state index in [2.05, 4.69) is 0 Å². The Hall–Kier alpha value is -2.46. The van der Waals surface area contributed by atoms with E-state index in [9.17, 15) is 18.4 Å². The molecule has 1 fully saturated rings. The number of rotatable bonds is 9. The quantitative estimate of drug-likeness (QED) is 0.506. The summed E-state index contributed by atoms with van der Waals surface area (Å²) in [6, 6.07) is 13.3. The minimum absolute atomic E-state index is 0.104. The second-order valence-electron chi connectivity index (χ2n) is 7.94. The number of para-hydroxylation sites is 1. The summed E-state index contributed by atoms with van der Waals surface area (Å²) in [5.74, 6) is 0.731. The first kappa shape index (κ1) is 23.2. The van der Waals surface area contributed by atoms with E-state index >= 15 is 0 Å². The molecule has 31 heavy (non-hydrogen) atoms. The Kier molecular flexibility index (Phi) is 7.66. The van der Waals surface area contributed by atoms with Crippen molar-refractivity contribution in [3.63, 3.8) is 0 Å². The summed E-state index contributed by atoms with van der Waals surface area (Å²) in [5, 5.41) is 10.5. The SMILES string of the molecule is NCC1CCC(CC(C(N)=O)N(O)S(=O)(=O)c2ccc(Oc3ccccc3)cc2)CC1.